The predicted molar refractivity (Wildman–Crippen MR) is 104 cm³/mol. The van der Waals surface area contributed by atoms with Crippen LogP contribution in [-0.2, 0) is 32.1 Å². The van der Waals surface area contributed by atoms with E-state index in [1.165, 1.54) is 13.2 Å². The number of ether oxygens (including phenoxy) is 1. The molecular formula is C22H22O8. The highest BCUT2D eigenvalue weighted by Crippen LogP contribution is 2.52. The van der Waals surface area contributed by atoms with E-state index in [4.69, 9.17) is 4.74 Å². The monoisotopic (exact) mass is 414 g/mol. The highest BCUT2D eigenvalue weighted by Gasteiger charge is 2.60. The Morgan fingerprint density at radius 1 is 1.20 bits per heavy atom. The molecule has 0 saturated heterocycles. The molecular weight excluding hydrogens is 392 g/mol. The lowest BCUT2D eigenvalue weighted by Crippen LogP contribution is -2.57. The Balaban J connectivity index is 1.92. The van der Waals surface area contributed by atoms with Gasteiger partial charge in [0.2, 0.25) is 5.78 Å². The fraction of sp³-hybridized carbons (Fsp3) is 0.409. The van der Waals surface area contributed by atoms with E-state index in [1.54, 1.807) is 6.07 Å². The molecule has 1 saturated carbocycles. The molecule has 0 aliphatic heterocycles. The lowest BCUT2D eigenvalue weighted by atomic mass is 9.59. The van der Waals surface area contributed by atoms with Crippen molar-refractivity contribution in [3.05, 3.63) is 45.7 Å². The third-order valence-electron chi connectivity index (χ3n) is 6.45. The largest absolute Gasteiger partial charge is 0.508 e. The van der Waals surface area contributed by atoms with Crippen LogP contribution in [0.15, 0.2) is 29.0 Å². The van der Waals surface area contributed by atoms with Gasteiger partial charge in [-0.25, -0.2) is 0 Å². The quantitative estimate of drug-likeness (QED) is 0.548. The van der Waals surface area contributed by atoms with Crippen molar-refractivity contribution in [2.45, 2.75) is 38.4 Å². The van der Waals surface area contributed by atoms with Crippen LogP contribution in [0.2, 0.25) is 0 Å². The van der Waals surface area contributed by atoms with Gasteiger partial charge in [-0.15, -0.1) is 0 Å². The lowest BCUT2D eigenvalue weighted by Gasteiger charge is -2.46. The summed E-state index contributed by atoms with van der Waals surface area (Å²) >= 11 is 0. The highest BCUT2D eigenvalue weighted by atomic mass is 16.5. The molecule has 4 rings (SSSR count). The number of fused-ring (bicyclic) bond motifs is 3. The molecule has 8 nitrogen and oxygen atoms in total. The Kier molecular flexibility index (Phi) is 4.59. The van der Waals surface area contributed by atoms with Crippen molar-refractivity contribution in [2.24, 2.45) is 11.8 Å². The number of phenolic OH excluding ortho intramolecular Hbond substituents is 1. The van der Waals surface area contributed by atoms with Crippen LogP contribution in [0.3, 0.4) is 0 Å². The molecule has 0 spiro atoms. The SMILES string of the molecule is COCc1ccc(O)c2c1C[C@@H]1C[C@@H]3CC(=O)C(C(C)=O)=C(O)[C@@]3(O)C(=O)C1=C2O. The van der Waals surface area contributed by atoms with Gasteiger partial charge in [-0.05, 0) is 42.9 Å². The zero-order chi connectivity index (χ0) is 22.0. The van der Waals surface area contributed by atoms with E-state index in [-0.39, 0.29) is 36.3 Å². The van der Waals surface area contributed by atoms with Crippen LogP contribution in [0, 0.1) is 11.8 Å². The summed E-state index contributed by atoms with van der Waals surface area (Å²) in [4.78, 5) is 37.6. The molecule has 3 atom stereocenters. The summed E-state index contributed by atoms with van der Waals surface area (Å²) in [5.41, 5.74) is -1.70. The standard InChI is InChI=1S/C22H22O8/c1-9(23)16-15(25)7-12-5-11-6-13-10(8-30-2)3-4-14(24)18(13)19(26)17(11)21(28)22(12,29)20(16)27/h3-4,11-12,24,26-27,29H,5-8H2,1-2H3/t11-,12+,22+/m0/s1. The maximum Gasteiger partial charge on any atom is 0.202 e. The maximum absolute atomic E-state index is 13.4. The Labute approximate surface area is 172 Å². The molecule has 0 bridgehead atoms. The molecule has 4 N–H and O–H groups in total. The molecule has 0 heterocycles. The number of benzene rings is 1. The zero-order valence-corrected chi connectivity index (χ0v) is 16.6. The Morgan fingerprint density at radius 3 is 2.53 bits per heavy atom. The topological polar surface area (TPSA) is 141 Å². The predicted octanol–water partition coefficient (Wildman–Crippen LogP) is 1.67. The van der Waals surface area contributed by atoms with Crippen molar-refractivity contribution in [1.82, 2.24) is 0 Å². The third kappa shape index (κ3) is 2.57. The summed E-state index contributed by atoms with van der Waals surface area (Å²) < 4.78 is 5.19. The maximum atomic E-state index is 13.4. The van der Waals surface area contributed by atoms with Crippen LogP contribution in [0.4, 0.5) is 0 Å². The summed E-state index contributed by atoms with van der Waals surface area (Å²) in [6.45, 7) is 1.31. The van der Waals surface area contributed by atoms with Crippen molar-refractivity contribution in [1.29, 1.82) is 0 Å². The molecule has 8 heteroatoms. The van der Waals surface area contributed by atoms with Crippen LogP contribution in [0.5, 0.6) is 5.75 Å². The number of hydrogen-bond acceptors (Lipinski definition) is 8. The first-order chi connectivity index (χ1) is 14.1. The van der Waals surface area contributed by atoms with Crippen LogP contribution < -0.4 is 0 Å². The van der Waals surface area contributed by atoms with Crippen molar-refractivity contribution in [2.75, 3.05) is 7.11 Å². The Bertz CT molecular complexity index is 1060. The molecule has 3 aliphatic carbocycles. The van der Waals surface area contributed by atoms with Gasteiger partial charge in [0.15, 0.2) is 17.2 Å². The average Bonchev–Trinajstić information content (AvgIpc) is 2.66. The van der Waals surface area contributed by atoms with Crippen LogP contribution >= 0.6 is 0 Å². The number of carbonyl (C=O) groups excluding carboxylic acids is 3. The van der Waals surface area contributed by atoms with Crippen LogP contribution in [0.25, 0.3) is 5.76 Å². The minimum absolute atomic E-state index is 0.0911. The van der Waals surface area contributed by atoms with E-state index in [1.807, 2.05) is 0 Å². The summed E-state index contributed by atoms with van der Waals surface area (Å²) in [5, 5.41) is 43.0. The minimum atomic E-state index is -2.47. The Hall–Kier alpha value is -2.97. The van der Waals surface area contributed by atoms with Gasteiger partial charge in [0.25, 0.3) is 0 Å². The van der Waals surface area contributed by atoms with Gasteiger partial charge in [0.05, 0.1) is 12.2 Å². The number of ketones is 3. The van der Waals surface area contributed by atoms with Crippen LogP contribution in [0.1, 0.15) is 36.5 Å². The number of hydrogen-bond donors (Lipinski definition) is 4. The number of aliphatic hydroxyl groups excluding tert-OH is 2. The van der Waals surface area contributed by atoms with E-state index < -0.39 is 51.9 Å². The fourth-order valence-corrected chi connectivity index (χ4v) is 5.09. The van der Waals surface area contributed by atoms with Gasteiger partial charge in [-0.1, -0.05) is 6.07 Å². The van der Waals surface area contributed by atoms with E-state index in [9.17, 15) is 34.8 Å². The smallest absolute Gasteiger partial charge is 0.202 e. The summed E-state index contributed by atoms with van der Waals surface area (Å²) in [6, 6.07) is 3.06. The second-order valence-electron chi connectivity index (χ2n) is 8.13. The molecule has 0 amide bonds. The van der Waals surface area contributed by atoms with Gasteiger partial charge >= 0.3 is 0 Å². The van der Waals surface area contributed by atoms with E-state index in [0.29, 0.717) is 12.0 Å². The molecule has 3 aliphatic rings. The van der Waals surface area contributed by atoms with Gasteiger partial charge in [-0.2, -0.15) is 0 Å². The first-order valence-electron chi connectivity index (χ1n) is 9.64. The molecule has 30 heavy (non-hydrogen) atoms. The number of Topliss-reactive ketones (excluding diaryl/α,β-unsaturated/α-hetero) is 3. The number of rotatable bonds is 3. The number of phenols is 1. The summed E-state index contributed by atoms with van der Waals surface area (Å²) in [6.07, 6.45) is 0.173. The third-order valence-corrected chi connectivity index (χ3v) is 6.45. The first kappa shape index (κ1) is 20.3. The van der Waals surface area contributed by atoms with E-state index >= 15 is 0 Å². The average molecular weight is 414 g/mol. The summed E-state index contributed by atoms with van der Waals surface area (Å²) in [5.74, 6) is -5.41. The van der Waals surface area contributed by atoms with Crippen LogP contribution in [-0.4, -0.2) is 50.5 Å². The van der Waals surface area contributed by atoms with Gasteiger partial charge < -0.3 is 25.2 Å². The van der Waals surface area contributed by atoms with Crippen molar-refractivity contribution >= 4 is 23.1 Å². The van der Waals surface area contributed by atoms with Crippen molar-refractivity contribution in [3.63, 3.8) is 0 Å². The fourth-order valence-electron chi connectivity index (χ4n) is 5.09. The van der Waals surface area contributed by atoms with Gasteiger partial charge in [-0.3, -0.25) is 14.4 Å². The second-order valence-corrected chi connectivity index (χ2v) is 8.13. The highest BCUT2D eigenvalue weighted by molar-refractivity contribution is 6.23. The lowest BCUT2D eigenvalue weighted by molar-refractivity contribution is -0.147. The van der Waals surface area contributed by atoms with Gasteiger partial charge in [0, 0.05) is 25.0 Å². The van der Waals surface area contributed by atoms with E-state index in [2.05, 4.69) is 0 Å². The molecule has 0 radical (unpaired) electrons. The molecule has 158 valence electrons. The number of methoxy groups -OCH3 is 1. The molecule has 0 unspecified atom stereocenters. The first-order valence-corrected chi connectivity index (χ1v) is 9.64. The Morgan fingerprint density at radius 2 is 1.90 bits per heavy atom. The van der Waals surface area contributed by atoms with E-state index in [0.717, 1.165) is 12.5 Å². The second kappa shape index (κ2) is 6.78. The zero-order valence-electron chi connectivity index (χ0n) is 16.6. The molecule has 1 aromatic rings. The van der Waals surface area contributed by atoms with Crippen molar-refractivity contribution < 1.29 is 39.5 Å². The summed E-state index contributed by atoms with van der Waals surface area (Å²) in [7, 11) is 1.52. The normalized spacial score (nSPS) is 28.2. The minimum Gasteiger partial charge on any atom is -0.508 e. The molecule has 0 aromatic heterocycles. The number of aliphatic hydroxyl groups is 3. The van der Waals surface area contributed by atoms with Gasteiger partial charge in [0.1, 0.15) is 22.8 Å². The number of carbonyl (C=O) groups is 3. The molecule has 1 aromatic carbocycles. The number of allylic oxidation sites excluding steroid dienone is 1. The van der Waals surface area contributed by atoms with Crippen molar-refractivity contribution in [3.8, 4) is 5.75 Å². The number of aromatic hydroxyl groups is 1. The molecule has 1 fully saturated rings.